The second-order valence-electron chi connectivity index (χ2n) is 7.86. The molecule has 0 amide bonds. The van der Waals surface area contributed by atoms with Crippen molar-refractivity contribution in [3.05, 3.63) is 71.8 Å². The maximum atomic E-state index is 12.4. The van der Waals surface area contributed by atoms with E-state index in [1.807, 2.05) is 0 Å². The van der Waals surface area contributed by atoms with E-state index in [1.54, 1.807) is 12.5 Å². The van der Waals surface area contributed by atoms with Crippen molar-refractivity contribution in [1.82, 2.24) is 9.80 Å². The summed E-state index contributed by atoms with van der Waals surface area (Å²) in [4.78, 5) is 4.59. The Balaban J connectivity index is 1.92. The van der Waals surface area contributed by atoms with Crippen LogP contribution in [0.1, 0.15) is 17.2 Å². The smallest absolute Gasteiger partial charge is 0.108 e. The lowest BCUT2D eigenvalue weighted by Gasteiger charge is -2.52. The third-order valence-electron chi connectivity index (χ3n) is 4.61. The van der Waals surface area contributed by atoms with E-state index in [2.05, 4.69) is 84.6 Å². The molecule has 1 aliphatic heterocycles. The van der Waals surface area contributed by atoms with E-state index >= 15 is 0 Å². The van der Waals surface area contributed by atoms with Gasteiger partial charge in [-0.05, 0) is 25.2 Å². The molecule has 0 N–H and O–H groups in total. The molecule has 2 aromatic carbocycles. The summed E-state index contributed by atoms with van der Waals surface area (Å²) in [7, 11) is 1.96. The molecule has 0 spiro atoms. The molecule has 4 nitrogen and oxygen atoms in total. The Morgan fingerprint density at radius 2 is 1.46 bits per heavy atom. The van der Waals surface area contributed by atoms with Crippen LogP contribution in [0.3, 0.4) is 0 Å². The van der Waals surface area contributed by atoms with Crippen LogP contribution in [0.4, 0.5) is 0 Å². The van der Waals surface area contributed by atoms with E-state index in [0.717, 1.165) is 19.6 Å². The Labute approximate surface area is 158 Å². The van der Waals surface area contributed by atoms with Gasteiger partial charge in [0.15, 0.2) is 0 Å². The van der Waals surface area contributed by atoms with Crippen LogP contribution in [-0.2, 0) is 9.73 Å². The molecule has 3 rings (SSSR count). The highest BCUT2D eigenvalue weighted by molar-refractivity contribution is 7.92. The second kappa shape index (κ2) is 7.51. The molecular formula is C21H29N3OS. The standard InChI is InChI=1S/C21H29N3OS/c1-23(2)15-21(22-26(3,4)25)16-24(17-21)20(18-11-7-5-8-12-18)19-13-9-6-10-14-19/h5-14,20H,15-17H2,1-4H3. The fourth-order valence-electron chi connectivity index (χ4n) is 4.02. The van der Waals surface area contributed by atoms with Gasteiger partial charge in [0.25, 0.3) is 0 Å². The fraction of sp³-hybridized carbons (Fsp3) is 0.429. The number of rotatable bonds is 6. The molecule has 1 saturated heterocycles. The van der Waals surface area contributed by atoms with Crippen LogP contribution < -0.4 is 0 Å². The Morgan fingerprint density at radius 1 is 1.00 bits per heavy atom. The van der Waals surface area contributed by atoms with E-state index in [-0.39, 0.29) is 11.6 Å². The Morgan fingerprint density at radius 3 is 1.85 bits per heavy atom. The van der Waals surface area contributed by atoms with Crippen LogP contribution >= 0.6 is 0 Å². The quantitative estimate of drug-likeness (QED) is 0.783. The van der Waals surface area contributed by atoms with Crippen molar-refractivity contribution in [2.75, 3.05) is 46.2 Å². The zero-order chi connectivity index (χ0) is 18.8. The first-order valence-corrected chi connectivity index (χ1v) is 11.3. The first-order chi connectivity index (χ1) is 12.3. The summed E-state index contributed by atoms with van der Waals surface area (Å²) in [5.41, 5.74) is 2.31. The van der Waals surface area contributed by atoms with E-state index in [9.17, 15) is 4.21 Å². The van der Waals surface area contributed by atoms with Crippen molar-refractivity contribution >= 4 is 9.73 Å². The van der Waals surface area contributed by atoms with Crippen LogP contribution in [0, 0.1) is 0 Å². The van der Waals surface area contributed by atoms with E-state index in [0.29, 0.717) is 0 Å². The van der Waals surface area contributed by atoms with Crippen LogP contribution in [0.25, 0.3) is 0 Å². The lowest BCUT2D eigenvalue weighted by atomic mass is 9.85. The Kier molecular flexibility index (Phi) is 5.51. The zero-order valence-corrected chi connectivity index (χ0v) is 16.9. The number of likely N-dealkylation sites (tertiary alicyclic amines) is 1. The highest BCUT2D eigenvalue weighted by atomic mass is 32.2. The van der Waals surface area contributed by atoms with Gasteiger partial charge in [-0.15, -0.1) is 0 Å². The maximum absolute atomic E-state index is 12.4. The van der Waals surface area contributed by atoms with Gasteiger partial charge in [-0.3, -0.25) is 9.11 Å². The van der Waals surface area contributed by atoms with E-state index in [1.165, 1.54) is 11.1 Å². The number of hydrogen-bond donors (Lipinski definition) is 0. The van der Waals surface area contributed by atoms with Gasteiger partial charge in [0.1, 0.15) is 5.54 Å². The summed E-state index contributed by atoms with van der Waals surface area (Å²) >= 11 is 0. The van der Waals surface area contributed by atoms with Gasteiger partial charge in [-0.25, -0.2) is 4.36 Å². The van der Waals surface area contributed by atoms with Crippen molar-refractivity contribution in [2.24, 2.45) is 4.36 Å². The van der Waals surface area contributed by atoms with Crippen molar-refractivity contribution < 1.29 is 4.21 Å². The Hall–Kier alpha value is -1.69. The minimum absolute atomic E-state index is 0.202. The predicted molar refractivity (Wildman–Crippen MR) is 110 cm³/mol. The van der Waals surface area contributed by atoms with Gasteiger partial charge in [-0.2, -0.15) is 0 Å². The maximum Gasteiger partial charge on any atom is 0.108 e. The van der Waals surface area contributed by atoms with Crippen LogP contribution in [0.2, 0.25) is 0 Å². The molecule has 1 heterocycles. The molecule has 0 radical (unpaired) electrons. The SMILES string of the molecule is CN(C)CC1(N=S(C)(C)=O)CN(C(c2ccccc2)c2ccccc2)C1. The average molecular weight is 372 g/mol. The third-order valence-corrected chi connectivity index (χ3v) is 5.44. The summed E-state index contributed by atoms with van der Waals surface area (Å²) in [5.74, 6) is 0. The molecule has 0 bridgehead atoms. The molecule has 2 aromatic rings. The molecule has 0 unspecified atom stereocenters. The highest BCUT2D eigenvalue weighted by Crippen LogP contribution is 2.38. The van der Waals surface area contributed by atoms with Crippen LogP contribution in [0.5, 0.6) is 0 Å². The predicted octanol–water partition coefficient (Wildman–Crippen LogP) is 3.12. The lowest BCUT2D eigenvalue weighted by Crippen LogP contribution is -2.65. The first-order valence-electron chi connectivity index (χ1n) is 8.95. The molecule has 26 heavy (non-hydrogen) atoms. The third kappa shape index (κ3) is 4.53. The Bertz CT molecular complexity index is 789. The minimum atomic E-state index is -2.14. The summed E-state index contributed by atoms with van der Waals surface area (Å²) in [6.07, 6.45) is 3.47. The van der Waals surface area contributed by atoms with Gasteiger partial charge in [-0.1, -0.05) is 60.7 Å². The molecule has 0 aromatic heterocycles. The van der Waals surface area contributed by atoms with Crippen molar-refractivity contribution in [3.63, 3.8) is 0 Å². The number of benzene rings is 2. The largest absolute Gasteiger partial charge is 0.307 e. The molecule has 0 saturated carbocycles. The summed E-state index contributed by atoms with van der Waals surface area (Å²) < 4.78 is 17.1. The van der Waals surface area contributed by atoms with Gasteiger partial charge in [0.2, 0.25) is 0 Å². The average Bonchev–Trinajstić information content (AvgIpc) is 2.53. The molecule has 1 aliphatic rings. The summed E-state index contributed by atoms with van der Waals surface area (Å²) in [6.45, 7) is 2.45. The number of hydrogen-bond acceptors (Lipinski definition) is 4. The van der Waals surface area contributed by atoms with E-state index < -0.39 is 9.73 Å². The van der Waals surface area contributed by atoms with Gasteiger partial charge in [0, 0.05) is 41.9 Å². The van der Waals surface area contributed by atoms with Gasteiger partial charge in [0.05, 0.1) is 6.04 Å². The first kappa shape index (κ1) is 19.1. The lowest BCUT2D eigenvalue weighted by molar-refractivity contribution is 0.0298. The van der Waals surface area contributed by atoms with Crippen LogP contribution in [0.15, 0.2) is 65.0 Å². The van der Waals surface area contributed by atoms with Crippen molar-refractivity contribution in [1.29, 1.82) is 0 Å². The molecule has 140 valence electrons. The summed E-state index contributed by atoms with van der Waals surface area (Å²) in [6, 6.07) is 21.4. The molecule has 0 aliphatic carbocycles. The second-order valence-corrected chi connectivity index (χ2v) is 10.4. The normalized spacial score (nSPS) is 17.3. The molecular weight excluding hydrogens is 342 g/mol. The fourth-order valence-corrected chi connectivity index (χ4v) is 5.12. The van der Waals surface area contributed by atoms with Crippen LogP contribution in [-0.4, -0.2) is 65.8 Å². The van der Waals surface area contributed by atoms with Crippen molar-refractivity contribution in [3.8, 4) is 0 Å². The number of nitrogens with zero attached hydrogens (tertiary/aromatic N) is 3. The molecule has 5 heteroatoms. The number of likely N-dealkylation sites (N-methyl/N-ethyl adjacent to an activating group) is 1. The van der Waals surface area contributed by atoms with Gasteiger partial charge < -0.3 is 4.90 Å². The summed E-state index contributed by atoms with van der Waals surface area (Å²) in [5, 5.41) is 0. The van der Waals surface area contributed by atoms with Crippen molar-refractivity contribution in [2.45, 2.75) is 11.6 Å². The zero-order valence-electron chi connectivity index (χ0n) is 16.1. The van der Waals surface area contributed by atoms with Gasteiger partial charge >= 0.3 is 0 Å². The minimum Gasteiger partial charge on any atom is -0.307 e. The monoisotopic (exact) mass is 371 g/mol. The van der Waals surface area contributed by atoms with E-state index in [4.69, 9.17) is 4.36 Å². The highest BCUT2D eigenvalue weighted by Gasteiger charge is 2.47. The molecule has 1 fully saturated rings. The topological polar surface area (TPSA) is 35.9 Å². The molecule has 0 atom stereocenters.